The lowest BCUT2D eigenvalue weighted by Gasteiger charge is -2.17. The highest BCUT2D eigenvalue weighted by Crippen LogP contribution is 2.43. The second-order valence-electron chi connectivity index (χ2n) is 7.50. The van der Waals surface area contributed by atoms with Crippen molar-refractivity contribution in [2.24, 2.45) is 0 Å². The minimum atomic E-state index is -0.413. The fraction of sp³-hybridized carbons (Fsp3) is 0.250. The van der Waals surface area contributed by atoms with Crippen molar-refractivity contribution in [1.82, 2.24) is 0 Å². The van der Waals surface area contributed by atoms with Gasteiger partial charge in [0.2, 0.25) is 11.5 Å². The summed E-state index contributed by atoms with van der Waals surface area (Å²) in [6.07, 6.45) is 1.97. The molecule has 36 heavy (non-hydrogen) atoms. The van der Waals surface area contributed by atoms with E-state index >= 15 is 0 Å². The van der Waals surface area contributed by atoms with E-state index in [2.05, 4.69) is 0 Å². The van der Waals surface area contributed by atoms with Gasteiger partial charge in [-0.25, -0.2) is 4.79 Å². The third-order valence-electron chi connectivity index (χ3n) is 5.59. The Hall–Kier alpha value is -4.33. The fourth-order valence-corrected chi connectivity index (χ4v) is 3.83. The average molecular weight is 495 g/mol. The van der Waals surface area contributed by atoms with Gasteiger partial charge in [0.25, 0.3) is 0 Å². The van der Waals surface area contributed by atoms with E-state index in [9.17, 15) is 4.79 Å². The first-order valence-corrected chi connectivity index (χ1v) is 10.9. The van der Waals surface area contributed by atoms with E-state index in [4.69, 9.17) is 33.2 Å². The zero-order chi connectivity index (χ0) is 26.2. The summed E-state index contributed by atoms with van der Waals surface area (Å²) in [7, 11) is 10.7. The number of ether oxygens (including phenoxy) is 7. The summed E-state index contributed by atoms with van der Waals surface area (Å²) in [5, 5.41) is 0. The summed E-state index contributed by atoms with van der Waals surface area (Å²) >= 11 is 0. The molecular weight excluding hydrogens is 464 g/mol. The lowest BCUT2D eigenvalue weighted by atomic mass is 9.94. The first kappa shape index (κ1) is 26.3. The molecule has 8 nitrogen and oxygen atoms in total. The average Bonchev–Trinajstić information content (AvgIpc) is 2.93. The summed E-state index contributed by atoms with van der Waals surface area (Å²) < 4.78 is 38.0. The number of benzene rings is 3. The van der Waals surface area contributed by atoms with Crippen LogP contribution in [-0.2, 0) is 4.74 Å². The highest BCUT2D eigenvalue weighted by atomic mass is 16.5. The molecule has 0 spiro atoms. The van der Waals surface area contributed by atoms with E-state index in [1.807, 2.05) is 42.5 Å². The van der Waals surface area contributed by atoms with Gasteiger partial charge in [-0.2, -0.15) is 0 Å². The van der Waals surface area contributed by atoms with Crippen LogP contribution < -0.4 is 28.4 Å². The molecule has 0 saturated carbocycles. The Morgan fingerprint density at radius 1 is 0.556 bits per heavy atom. The summed E-state index contributed by atoms with van der Waals surface area (Å²) in [4.78, 5) is 12.0. The maximum absolute atomic E-state index is 12.0. The van der Waals surface area contributed by atoms with E-state index in [0.717, 1.165) is 22.3 Å². The summed E-state index contributed by atoms with van der Waals surface area (Å²) in [5.74, 6) is 2.62. The van der Waals surface area contributed by atoms with Crippen molar-refractivity contribution in [3.63, 3.8) is 0 Å². The zero-order valence-corrected chi connectivity index (χ0v) is 21.5. The third-order valence-corrected chi connectivity index (χ3v) is 5.59. The van der Waals surface area contributed by atoms with Crippen LogP contribution >= 0.6 is 0 Å². The predicted molar refractivity (Wildman–Crippen MR) is 137 cm³/mol. The molecular formula is C28H30O8. The van der Waals surface area contributed by atoms with Crippen LogP contribution in [0.3, 0.4) is 0 Å². The van der Waals surface area contributed by atoms with Gasteiger partial charge in [-0.1, -0.05) is 12.1 Å². The molecule has 3 rings (SSSR count). The van der Waals surface area contributed by atoms with Crippen molar-refractivity contribution in [2.45, 2.75) is 0 Å². The number of hydrogen-bond acceptors (Lipinski definition) is 8. The lowest BCUT2D eigenvalue weighted by molar-refractivity contribution is 0.0600. The largest absolute Gasteiger partial charge is 0.493 e. The first-order chi connectivity index (χ1) is 17.4. The summed E-state index contributed by atoms with van der Waals surface area (Å²) in [6, 6.07) is 14.5. The topological polar surface area (TPSA) is 81.7 Å². The molecule has 0 saturated heterocycles. The minimum absolute atomic E-state index is 0.413. The van der Waals surface area contributed by atoms with Crippen LogP contribution in [-0.4, -0.2) is 55.7 Å². The molecule has 0 radical (unpaired) electrons. The molecule has 0 bridgehead atoms. The minimum Gasteiger partial charge on any atom is -0.493 e. The Bertz CT molecular complexity index is 1190. The second-order valence-corrected chi connectivity index (χ2v) is 7.50. The van der Waals surface area contributed by atoms with Gasteiger partial charge in [-0.15, -0.1) is 0 Å². The number of esters is 1. The first-order valence-electron chi connectivity index (χ1n) is 10.9. The Morgan fingerprint density at radius 2 is 0.972 bits per heavy atom. The third kappa shape index (κ3) is 5.33. The van der Waals surface area contributed by atoms with E-state index in [1.54, 1.807) is 54.8 Å². The van der Waals surface area contributed by atoms with Gasteiger partial charge in [-0.05, 0) is 64.7 Å². The van der Waals surface area contributed by atoms with Crippen molar-refractivity contribution in [3.8, 4) is 34.5 Å². The van der Waals surface area contributed by atoms with Crippen molar-refractivity contribution < 1.29 is 38.0 Å². The molecule has 0 fully saturated rings. The van der Waals surface area contributed by atoms with Crippen LogP contribution in [0.1, 0.15) is 27.0 Å². The molecule has 0 heterocycles. The van der Waals surface area contributed by atoms with Gasteiger partial charge in [-0.3, -0.25) is 0 Å². The van der Waals surface area contributed by atoms with Crippen molar-refractivity contribution in [1.29, 1.82) is 0 Å². The lowest BCUT2D eigenvalue weighted by Crippen LogP contribution is -2.01. The second kappa shape index (κ2) is 11.9. The van der Waals surface area contributed by atoms with Crippen LogP contribution in [0.25, 0.3) is 11.6 Å². The maximum Gasteiger partial charge on any atom is 0.337 e. The zero-order valence-electron chi connectivity index (χ0n) is 21.5. The van der Waals surface area contributed by atoms with Gasteiger partial charge < -0.3 is 33.2 Å². The molecule has 3 aromatic rings. The van der Waals surface area contributed by atoms with E-state index in [1.165, 1.54) is 7.11 Å². The van der Waals surface area contributed by atoms with Crippen LogP contribution in [0.4, 0.5) is 0 Å². The highest BCUT2D eigenvalue weighted by molar-refractivity contribution is 5.95. The molecule has 0 amide bonds. The van der Waals surface area contributed by atoms with Crippen LogP contribution in [0.5, 0.6) is 34.5 Å². The Morgan fingerprint density at radius 3 is 1.36 bits per heavy atom. The maximum atomic E-state index is 12.0. The van der Waals surface area contributed by atoms with Crippen molar-refractivity contribution in [3.05, 3.63) is 70.8 Å². The van der Waals surface area contributed by atoms with Crippen LogP contribution in [0.2, 0.25) is 0 Å². The van der Waals surface area contributed by atoms with Gasteiger partial charge in [0.1, 0.15) is 0 Å². The van der Waals surface area contributed by atoms with Gasteiger partial charge in [0, 0.05) is 0 Å². The number of hydrogen-bond donors (Lipinski definition) is 0. The normalized spacial score (nSPS) is 10.9. The van der Waals surface area contributed by atoms with Gasteiger partial charge in [0.05, 0.1) is 55.3 Å². The molecule has 3 aromatic carbocycles. The van der Waals surface area contributed by atoms with Crippen LogP contribution in [0.15, 0.2) is 48.5 Å². The molecule has 0 unspecified atom stereocenters. The Kier molecular flexibility index (Phi) is 8.67. The van der Waals surface area contributed by atoms with Crippen molar-refractivity contribution >= 4 is 17.6 Å². The SMILES string of the molecule is COC(=O)c1ccc(/C(=C/c2cc(OC)c(OC)c(OC)c2)c2cc(OC)c(OC)c(OC)c2)cc1. The van der Waals surface area contributed by atoms with Crippen molar-refractivity contribution in [2.75, 3.05) is 49.8 Å². The van der Waals surface area contributed by atoms with Crippen LogP contribution in [0, 0.1) is 0 Å². The molecule has 0 aromatic heterocycles. The van der Waals surface area contributed by atoms with Gasteiger partial charge >= 0.3 is 5.97 Å². The van der Waals surface area contributed by atoms with E-state index in [0.29, 0.717) is 40.1 Å². The monoisotopic (exact) mass is 494 g/mol. The number of carbonyl (C=O) groups is 1. The summed E-state index contributed by atoms with van der Waals surface area (Å²) in [5.41, 5.74) is 3.69. The smallest absolute Gasteiger partial charge is 0.337 e. The van der Waals surface area contributed by atoms with E-state index in [-0.39, 0.29) is 0 Å². The molecule has 0 aliphatic carbocycles. The Labute approximate surface area is 210 Å². The Balaban J connectivity index is 2.29. The predicted octanol–water partition coefficient (Wildman–Crippen LogP) is 5.11. The quantitative estimate of drug-likeness (QED) is 0.284. The number of methoxy groups -OCH3 is 7. The standard InChI is InChI=1S/C28H30O8/c1-30-22-13-17(14-23(31-2)26(22)34-5)12-21(18-8-10-19(11-9-18)28(29)36-7)20-15-24(32-3)27(35-6)25(16-20)33-4/h8-16H,1-7H3/b21-12-. The van der Waals surface area contributed by atoms with Gasteiger partial charge in [0.15, 0.2) is 23.0 Å². The number of rotatable bonds is 10. The molecule has 8 heteroatoms. The molecule has 0 atom stereocenters. The molecule has 190 valence electrons. The fourth-order valence-electron chi connectivity index (χ4n) is 3.83. The summed E-state index contributed by atoms with van der Waals surface area (Å²) in [6.45, 7) is 0. The van der Waals surface area contributed by atoms with E-state index < -0.39 is 5.97 Å². The number of carbonyl (C=O) groups excluding carboxylic acids is 1. The molecule has 0 N–H and O–H groups in total. The highest BCUT2D eigenvalue weighted by Gasteiger charge is 2.18. The molecule has 0 aliphatic rings. The molecule has 0 aliphatic heterocycles.